The molecule has 0 spiro atoms. The van der Waals surface area contributed by atoms with E-state index >= 15 is 0 Å². The molecule has 0 amide bonds. The van der Waals surface area contributed by atoms with Crippen LogP contribution in [-0.4, -0.2) is 36.5 Å². The summed E-state index contributed by atoms with van der Waals surface area (Å²) in [5.41, 5.74) is -0.255. The third kappa shape index (κ3) is 3.42. The fraction of sp³-hybridized carbons (Fsp3) is 0.556. The zero-order valence-electron chi connectivity index (χ0n) is 14.8. The molecule has 3 rings (SSSR count). The summed E-state index contributed by atoms with van der Waals surface area (Å²) in [7, 11) is 3.02. The summed E-state index contributed by atoms with van der Waals surface area (Å²) in [5, 5.41) is 0.415. The van der Waals surface area contributed by atoms with Crippen molar-refractivity contribution in [3.63, 3.8) is 0 Å². The molecule has 1 N–H and O–H groups in total. The molecule has 1 fully saturated rings. The monoisotopic (exact) mass is 348 g/mol. The number of hydrogen-bond donors (Lipinski definition) is 1. The predicted molar refractivity (Wildman–Crippen MR) is 94.7 cm³/mol. The van der Waals surface area contributed by atoms with Crippen LogP contribution in [0.1, 0.15) is 26.2 Å². The van der Waals surface area contributed by atoms with Gasteiger partial charge in [0.25, 0.3) is 5.56 Å². The molecular formula is C18H24N2O5. The number of H-pyrrole nitrogens is 1. The molecule has 25 heavy (non-hydrogen) atoms. The number of nitrogens with zero attached hydrogens (tertiary/aromatic N) is 1. The van der Waals surface area contributed by atoms with E-state index in [1.807, 2.05) is 6.92 Å². The molecule has 7 heteroatoms. The molecule has 0 atom stereocenters. The van der Waals surface area contributed by atoms with Gasteiger partial charge in [0.2, 0.25) is 0 Å². The molecule has 0 saturated heterocycles. The number of ether oxygens (including phenoxy) is 3. The van der Waals surface area contributed by atoms with E-state index in [9.17, 15) is 9.59 Å². The van der Waals surface area contributed by atoms with E-state index in [0.29, 0.717) is 41.0 Å². The first-order valence-electron chi connectivity index (χ1n) is 8.57. The SMILES string of the molecule is CCOC1CC(CCn2c(=O)[nH]c3cc(OC)c(OC)cc3c2=O)C1. The van der Waals surface area contributed by atoms with Gasteiger partial charge in [0.1, 0.15) is 0 Å². The number of aromatic amines is 1. The van der Waals surface area contributed by atoms with Gasteiger partial charge in [-0.3, -0.25) is 9.36 Å². The lowest BCUT2D eigenvalue weighted by molar-refractivity contribution is -0.0276. The van der Waals surface area contributed by atoms with Crippen LogP contribution in [0, 0.1) is 5.92 Å². The summed E-state index contributed by atoms with van der Waals surface area (Å²) in [6.45, 7) is 3.12. The molecule has 1 aliphatic rings. The highest BCUT2D eigenvalue weighted by atomic mass is 16.5. The minimum absolute atomic E-state index is 0.305. The lowest BCUT2D eigenvalue weighted by Crippen LogP contribution is -2.38. The standard InChI is InChI=1S/C18H24N2O5/c1-4-25-12-7-11(8-12)5-6-20-17(21)13-9-15(23-2)16(24-3)10-14(13)19-18(20)22/h9-12H,4-8H2,1-3H3,(H,19,22). The predicted octanol–water partition coefficient (Wildman–Crippen LogP) is 1.91. The van der Waals surface area contributed by atoms with Crippen LogP contribution >= 0.6 is 0 Å². The first-order valence-corrected chi connectivity index (χ1v) is 8.57. The Bertz CT molecular complexity index is 864. The van der Waals surface area contributed by atoms with Gasteiger partial charge in [0, 0.05) is 19.2 Å². The maximum absolute atomic E-state index is 12.7. The van der Waals surface area contributed by atoms with Gasteiger partial charge in [-0.1, -0.05) is 0 Å². The molecule has 1 aliphatic carbocycles. The lowest BCUT2D eigenvalue weighted by atomic mass is 9.80. The van der Waals surface area contributed by atoms with Gasteiger partial charge in [0.05, 0.1) is 31.2 Å². The van der Waals surface area contributed by atoms with Gasteiger partial charge in [-0.05, 0) is 38.2 Å². The third-order valence-corrected chi connectivity index (χ3v) is 4.84. The highest BCUT2D eigenvalue weighted by Gasteiger charge is 2.29. The van der Waals surface area contributed by atoms with Crippen molar-refractivity contribution >= 4 is 10.9 Å². The minimum Gasteiger partial charge on any atom is -0.493 e. The molecule has 1 aromatic heterocycles. The van der Waals surface area contributed by atoms with E-state index in [1.165, 1.54) is 18.8 Å². The second-order valence-electron chi connectivity index (χ2n) is 6.34. The summed E-state index contributed by atoms with van der Waals surface area (Å²) < 4.78 is 17.3. The van der Waals surface area contributed by atoms with Crippen molar-refractivity contribution in [2.45, 2.75) is 38.8 Å². The molecule has 2 aromatic rings. The second kappa shape index (κ2) is 7.31. The Kier molecular flexibility index (Phi) is 5.13. The molecule has 1 saturated carbocycles. The Morgan fingerprint density at radius 3 is 2.48 bits per heavy atom. The Morgan fingerprint density at radius 1 is 1.16 bits per heavy atom. The van der Waals surface area contributed by atoms with Crippen molar-refractivity contribution < 1.29 is 14.2 Å². The molecule has 7 nitrogen and oxygen atoms in total. The van der Waals surface area contributed by atoms with E-state index in [1.54, 1.807) is 12.1 Å². The van der Waals surface area contributed by atoms with Crippen LogP contribution in [0.2, 0.25) is 0 Å². The molecule has 0 radical (unpaired) electrons. The van der Waals surface area contributed by atoms with E-state index in [-0.39, 0.29) is 5.56 Å². The Balaban J connectivity index is 1.84. The number of rotatable bonds is 7. The normalized spacial score (nSPS) is 19.6. The van der Waals surface area contributed by atoms with Gasteiger partial charge in [-0.15, -0.1) is 0 Å². The Labute approximate surface area is 145 Å². The first-order chi connectivity index (χ1) is 12.1. The zero-order valence-corrected chi connectivity index (χ0v) is 14.8. The van der Waals surface area contributed by atoms with Crippen molar-refractivity contribution in [1.29, 1.82) is 0 Å². The van der Waals surface area contributed by atoms with Crippen LogP contribution in [0.4, 0.5) is 0 Å². The molecule has 1 heterocycles. The number of benzene rings is 1. The fourth-order valence-corrected chi connectivity index (χ4v) is 3.38. The van der Waals surface area contributed by atoms with E-state index in [2.05, 4.69) is 4.98 Å². The topological polar surface area (TPSA) is 82.6 Å². The second-order valence-corrected chi connectivity index (χ2v) is 6.34. The minimum atomic E-state index is -0.398. The van der Waals surface area contributed by atoms with Crippen LogP contribution in [0.25, 0.3) is 10.9 Å². The van der Waals surface area contributed by atoms with Gasteiger partial charge in [-0.25, -0.2) is 4.79 Å². The van der Waals surface area contributed by atoms with Gasteiger partial charge < -0.3 is 19.2 Å². The van der Waals surface area contributed by atoms with E-state index < -0.39 is 5.69 Å². The van der Waals surface area contributed by atoms with E-state index in [0.717, 1.165) is 25.9 Å². The van der Waals surface area contributed by atoms with Crippen LogP contribution < -0.4 is 20.7 Å². The van der Waals surface area contributed by atoms with Crippen LogP contribution in [-0.2, 0) is 11.3 Å². The maximum atomic E-state index is 12.7. The number of fused-ring (bicyclic) bond motifs is 1. The average Bonchev–Trinajstić information content (AvgIpc) is 2.57. The highest BCUT2D eigenvalue weighted by Crippen LogP contribution is 2.33. The van der Waals surface area contributed by atoms with Crippen molar-refractivity contribution in [3.05, 3.63) is 33.0 Å². The van der Waals surface area contributed by atoms with Crippen molar-refractivity contribution in [2.75, 3.05) is 20.8 Å². The number of methoxy groups -OCH3 is 2. The average molecular weight is 348 g/mol. The maximum Gasteiger partial charge on any atom is 0.328 e. The quantitative estimate of drug-likeness (QED) is 0.826. The third-order valence-electron chi connectivity index (χ3n) is 4.84. The summed E-state index contributed by atoms with van der Waals surface area (Å²) in [6.07, 6.45) is 3.13. The largest absolute Gasteiger partial charge is 0.493 e. The molecule has 0 bridgehead atoms. The number of nitrogens with one attached hydrogen (secondary N) is 1. The number of aromatic nitrogens is 2. The van der Waals surface area contributed by atoms with Crippen molar-refractivity contribution in [1.82, 2.24) is 9.55 Å². The summed E-state index contributed by atoms with van der Waals surface area (Å²) >= 11 is 0. The van der Waals surface area contributed by atoms with Gasteiger partial charge in [0.15, 0.2) is 11.5 Å². The Hall–Kier alpha value is -2.28. The summed E-state index contributed by atoms with van der Waals surface area (Å²) in [4.78, 5) is 27.8. The van der Waals surface area contributed by atoms with Gasteiger partial charge >= 0.3 is 5.69 Å². The van der Waals surface area contributed by atoms with Crippen LogP contribution in [0.3, 0.4) is 0 Å². The molecule has 136 valence electrons. The fourth-order valence-electron chi connectivity index (χ4n) is 3.38. The zero-order chi connectivity index (χ0) is 18.0. The van der Waals surface area contributed by atoms with Gasteiger partial charge in [-0.2, -0.15) is 0 Å². The van der Waals surface area contributed by atoms with Crippen molar-refractivity contribution in [2.24, 2.45) is 5.92 Å². The smallest absolute Gasteiger partial charge is 0.328 e. The van der Waals surface area contributed by atoms with E-state index in [4.69, 9.17) is 14.2 Å². The lowest BCUT2D eigenvalue weighted by Gasteiger charge is -2.34. The summed E-state index contributed by atoms with van der Waals surface area (Å²) in [5.74, 6) is 1.44. The Morgan fingerprint density at radius 2 is 1.84 bits per heavy atom. The molecular weight excluding hydrogens is 324 g/mol. The van der Waals surface area contributed by atoms with Crippen LogP contribution in [0.5, 0.6) is 11.5 Å². The molecule has 0 unspecified atom stereocenters. The molecule has 1 aromatic carbocycles. The highest BCUT2D eigenvalue weighted by molar-refractivity contribution is 5.81. The summed E-state index contributed by atoms with van der Waals surface area (Å²) in [6, 6.07) is 3.22. The van der Waals surface area contributed by atoms with Crippen molar-refractivity contribution in [3.8, 4) is 11.5 Å². The van der Waals surface area contributed by atoms with Crippen LogP contribution in [0.15, 0.2) is 21.7 Å². The number of hydrogen-bond acceptors (Lipinski definition) is 5. The first kappa shape index (κ1) is 17.5. The molecule has 0 aliphatic heterocycles.